The highest BCUT2D eigenvalue weighted by atomic mass is 16.4. The molecule has 0 aliphatic rings. The number of carbonyl (C=O) groups excluding carboxylic acids is 3. The molecular weight excluding hydrogens is 540 g/mol. The Balaban J connectivity index is 2.31. The largest absolute Gasteiger partial charge is 0.480 e. The minimum Gasteiger partial charge on any atom is -0.480 e. The maximum atomic E-state index is 13.6. The number of hydrogen-bond acceptors (Lipinski definition) is 6. The number of carbonyl (C=O) groups is 4. The number of carboxylic acids is 1. The topological polar surface area (TPSA) is 231 Å². The summed E-state index contributed by atoms with van der Waals surface area (Å²) in [5.41, 5.74) is 18.3. The number of aromatic nitrogens is 1. The van der Waals surface area contributed by atoms with Crippen molar-refractivity contribution in [3.05, 3.63) is 36.0 Å². The summed E-state index contributed by atoms with van der Waals surface area (Å²) in [6.45, 7) is 7.81. The molecule has 0 saturated carbocycles. The molecule has 1 heterocycles. The summed E-state index contributed by atoms with van der Waals surface area (Å²) in [6.07, 6.45) is 3.24. The molecule has 0 saturated heterocycles. The van der Waals surface area contributed by atoms with Gasteiger partial charge in [-0.3, -0.25) is 19.4 Å². The van der Waals surface area contributed by atoms with E-state index in [4.69, 9.17) is 17.2 Å². The van der Waals surface area contributed by atoms with E-state index in [1.807, 2.05) is 52.0 Å². The number of aromatic amines is 1. The van der Waals surface area contributed by atoms with Crippen molar-refractivity contribution in [2.24, 2.45) is 34.0 Å². The average molecular weight is 587 g/mol. The molecule has 0 bridgehead atoms. The van der Waals surface area contributed by atoms with Crippen LogP contribution < -0.4 is 33.2 Å². The predicted octanol–water partition coefficient (Wildman–Crippen LogP) is 0.723. The molecule has 42 heavy (non-hydrogen) atoms. The van der Waals surface area contributed by atoms with Crippen LogP contribution in [0.5, 0.6) is 0 Å². The van der Waals surface area contributed by atoms with Gasteiger partial charge in [0.1, 0.15) is 18.1 Å². The number of nitrogens with zero attached hydrogens (tertiary/aromatic N) is 1. The Hall–Kier alpha value is -4.13. The molecule has 13 heteroatoms. The van der Waals surface area contributed by atoms with Crippen LogP contribution >= 0.6 is 0 Å². The van der Waals surface area contributed by atoms with Gasteiger partial charge in [-0.15, -0.1) is 0 Å². The monoisotopic (exact) mass is 586 g/mol. The molecule has 1 aromatic heterocycles. The average Bonchev–Trinajstić information content (AvgIpc) is 3.34. The Bertz CT molecular complexity index is 1240. The second-order valence-corrected chi connectivity index (χ2v) is 11.1. The zero-order valence-electron chi connectivity index (χ0n) is 24.9. The van der Waals surface area contributed by atoms with Crippen LogP contribution in [0.4, 0.5) is 0 Å². The second-order valence-electron chi connectivity index (χ2n) is 11.1. The Kier molecular flexibility index (Phi) is 13.3. The van der Waals surface area contributed by atoms with E-state index in [2.05, 4.69) is 25.9 Å². The third kappa shape index (κ3) is 10.4. The summed E-state index contributed by atoms with van der Waals surface area (Å²) in [6, 6.07) is 3.41. The van der Waals surface area contributed by atoms with Crippen molar-refractivity contribution in [2.45, 2.75) is 84.0 Å². The molecule has 1 aromatic carbocycles. The highest BCUT2D eigenvalue weighted by Crippen LogP contribution is 2.20. The van der Waals surface area contributed by atoms with E-state index in [1.165, 1.54) is 0 Å². The quantitative estimate of drug-likeness (QED) is 0.0746. The number of hydrogen-bond donors (Lipinski definition) is 8. The number of carboxylic acid groups (broad SMARTS) is 1. The van der Waals surface area contributed by atoms with Crippen LogP contribution in [0.3, 0.4) is 0 Å². The highest BCUT2D eigenvalue weighted by Gasteiger charge is 2.33. The summed E-state index contributed by atoms with van der Waals surface area (Å²) in [4.78, 5) is 58.9. The van der Waals surface area contributed by atoms with Crippen molar-refractivity contribution in [3.8, 4) is 0 Å². The van der Waals surface area contributed by atoms with Crippen LogP contribution in [0, 0.1) is 11.8 Å². The van der Waals surface area contributed by atoms with Crippen LogP contribution in [-0.4, -0.2) is 70.5 Å². The van der Waals surface area contributed by atoms with Crippen molar-refractivity contribution in [1.82, 2.24) is 20.9 Å². The van der Waals surface area contributed by atoms with E-state index in [-0.39, 0.29) is 37.2 Å². The van der Waals surface area contributed by atoms with E-state index < -0.39 is 47.9 Å². The van der Waals surface area contributed by atoms with E-state index in [0.29, 0.717) is 19.3 Å². The lowest BCUT2D eigenvalue weighted by molar-refractivity contribution is -0.142. The van der Waals surface area contributed by atoms with Crippen LogP contribution in [0.2, 0.25) is 0 Å². The molecule has 0 spiro atoms. The van der Waals surface area contributed by atoms with Gasteiger partial charge in [-0.05, 0) is 42.7 Å². The Morgan fingerprint density at radius 3 is 2.26 bits per heavy atom. The van der Waals surface area contributed by atoms with Gasteiger partial charge < -0.3 is 43.2 Å². The van der Waals surface area contributed by atoms with Crippen LogP contribution in [0.25, 0.3) is 10.9 Å². The van der Waals surface area contributed by atoms with E-state index in [9.17, 15) is 24.3 Å². The molecule has 2 rings (SSSR count). The number of rotatable bonds is 17. The maximum absolute atomic E-state index is 13.6. The first kappa shape index (κ1) is 34.1. The summed E-state index contributed by atoms with van der Waals surface area (Å²) >= 11 is 0. The van der Waals surface area contributed by atoms with Gasteiger partial charge in [0.25, 0.3) is 0 Å². The van der Waals surface area contributed by atoms with Gasteiger partial charge in [0.05, 0.1) is 6.04 Å². The second kappa shape index (κ2) is 16.3. The van der Waals surface area contributed by atoms with E-state index in [1.54, 1.807) is 6.20 Å². The van der Waals surface area contributed by atoms with E-state index in [0.717, 1.165) is 16.5 Å². The Labute approximate surface area is 246 Å². The number of amides is 3. The third-order valence-corrected chi connectivity index (χ3v) is 7.15. The maximum Gasteiger partial charge on any atom is 0.326 e. The predicted molar refractivity (Wildman–Crippen MR) is 162 cm³/mol. The number of guanidine groups is 1. The number of H-pyrrole nitrogens is 1. The molecule has 11 N–H and O–H groups in total. The lowest BCUT2D eigenvalue weighted by atomic mass is 9.96. The number of nitrogens with one attached hydrogen (secondary N) is 4. The third-order valence-electron chi connectivity index (χ3n) is 7.15. The normalized spacial score (nSPS) is 14.8. The van der Waals surface area contributed by atoms with Crippen molar-refractivity contribution in [3.63, 3.8) is 0 Å². The summed E-state index contributed by atoms with van der Waals surface area (Å²) in [5.74, 6) is -3.10. The Morgan fingerprint density at radius 1 is 0.976 bits per heavy atom. The molecule has 0 aliphatic heterocycles. The number of para-hydroxylation sites is 1. The molecule has 5 unspecified atom stereocenters. The molecule has 0 aliphatic carbocycles. The summed E-state index contributed by atoms with van der Waals surface area (Å²) in [5, 5.41) is 18.7. The van der Waals surface area contributed by atoms with Gasteiger partial charge in [0.15, 0.2) is 5.96 Å². The fourth-order valence-electron chi connectivity index (χ4n) is 4.60. The molecule has 0 fully saturated rings. The van der Waals surface area contributed by atoms with Crippen LogP contribution in [0.15, 0.2) is 35.5 Å². The first-order chi connectivity index (χ1) is 19.8. The zero-order valence-corrected chi connectivity index (χ0v) is 24.9. The molecule has 0 radical (unpaired) electrons. The lowest BCUT2D eigenvalue weighted by Crippen LogP contribution is -2.59. The fraction of sp³-hybridized carbons (Fsp3) is 0.552. The fourth-order valence-corrected chi connectivity index (χ4v) is 4.60. The van der Waals surface area contributed by atoms with Crippen LogP contribution in [-0.2, 0) is 25.6 Å². The molecule has 13 nitrogen and oxygen atoms in total. The summed E-state index contributed by atoms with van der Waals surface area (Å²) in [7, 11) is 0. The van der Waals surface area contributed by atoms with Gasteiger partial charge in [-0.1, -0.05) is 52.3 Å². The number of fused-ring (bicyclic) bond motifs is 1. The van der Waals surface area contributed by atoms with Gasteiger partial charge in [-0.25, -0.2) is 4.79 Å². The SMILES string of the molecule is CCC(C)C(NC(=O)C(N)CC(C)C)C(=O)NC(Cc1c[nH]c2ccccc12)C(=O)NC(CCCN=C(N)N)C(=O)O. The minimum absolute atomic E-state index is 0.0743. The summed E-state index contributed by atoms with van der Waals surface area (Å²) < 4.78 is 0. The Morgan fingerprint density at radius 2 is 1.64 bits per heavy atom. The van der Waals surface area contributed by atoms with Crippen molar-refractivity contribution < 1.29 is 24.3 Å². The van der Waals surface area contributed by atoms with Gasteiger partial charge in [0.2, 0.25) is 17.7 Å². The van der Waals surface area contributed by atoms with Gasteiger partial charge in [-0.2, -0.15) is 0 Å². The van der Waals surface area contributed by atoms with Crippen molar-refractivity contribution in [1.29, 1.82) is 0 Å². The number of aliphatic imine (C=N–C) groups is 1. The molecule has 232 valence electrons. The molecule has 3 amide bonds. The number of benzene rings is 1. The van der Waals surface area contributed by atoms with Crippen molar-refractivity contribution in [2.75, 3.05) is 6.54 Å². The number of nitrogens with two attached hydrogens (primary N) is 3. The molecule has 2 aromatic rings. The van der Waals surface area contributed by atoms with E-state index >= 15 is 0 Å². The standard InChI is InChI=1S/C29H46N8O5/c1-5-17(4)24(37-25(38)20(30)13-16(2)3)27(40)36-23(14-18-15-34-21-10-7-6-9-19(18)21)26(39)35-22(28(41)42)11-8-12-33-29(31)32/h6-7,9-10,15-17,20,22-24,34H,5,8,11-14,30H2,1-4H3,(H,35,39)(H,36,40)(H,37,38)(H,41,42)(H4,31,32,33). The highest BCUT2D eigenvalue weighted by molar-refractivity contribution is 5.95. The van der Waals surface area contributed by atoms with Crippen LogP contribution in [0.1, 0.15) is 58.9 Å². The van der Waals surface area contributed by atoms with Gasteiger partial charge in [0, 0.05) is 30.1 Å². The first-order valence-corrected chi connectivity index (χ1v) is 14.3. The van der Waals surface area contributed by atoms with Gasteiger partial charge >= 0.3 is 5.97 Å². The van der Waals surface area contributed by atoms with Crippen molar-refractivity contribution >= 4 is 40.6 Å². The number of aliphatic carboxylic acids is 1. The smallest absolute Gasteiger partial charge is 0.326 e. The zero-order chi connectivity index (χ0) is 31.4. The molecule has 5 atom stereocenters. The molecular formula is C29H46N8O5. The lowest BCUT2D eigenvalue weighted by Gasteiger charge is -2.28. The minimum atomic E-state index is -1.23. The first-order valence-electron chi connectivity index (χ1n) is 14.3.